The summed E-state index contributed by atoms with van der Waals surface area (Å²) in [5, 5.41) is 0.950. The van der Waals surface area contributed by atoms with E-state index in [-0.39, 0.29) is 18.4 Å². The number of hydrogen-bond acceptors (Lipinski definition) is 2. The zero-order chi connectivity index (χ0) is 17.8. The maximum absolute atomic E-state index is 12.9. The van der Waals surface area contributed by atoms with Crippen molar-refractivity contribution in [3.05, 3.63) is 71.9 Å². The van der Waals surface area contributed by atoms with Crippen molar-refractivity contribution in [1.82, 2.24) is 9.47 Å². The minimum atomic E-state index is -0.377. The lowest BCUT2D eigenvalue weighted by Gasteiger charge is -2.18. The maximum Gasteiger partial charge on any atom is 0.277 e. The van der Waals surface area contributed by atoms with Crippen LogP contribution in [0.15, 0.2) is 60.7 Å². The average molecular weight is 330 g/mol. The molecule has 1 heterocycles. The molecule has 0 aliphatic carbocycles. The number of carbonyl (C=O) groups excluding carboxylic acids is 2. The van der Waals surface area contributed by atoms with E-state index in [1.54, 1.807) is 0 Å². The Labute approximate surface area is 146 Å². The first kappa shape index (κ1) is 16.5. The van der Waals surface area contributed by atoms with Gasteiger partial charge in [-0.05, 0) is 17.7 Å². The van der Waals surface area contributed by atoms with Gasteiger partial charge in [0.15, 0.2) is 0 Å². The van der Waals surface area contributed by atoms with Gasteiger partial charge in [0.2, 0.25) is 5.91 Å². The maximum atomic E-state index is 12.9. The van der Waals surface area contributed by atoms with Crippen LogP contribution in [0.25, 0.3) is 10.9 Å². The quantitative estimate of drug-likeness (QED) is 0.689. The van der Waals surface area contributed by atoms with Crippen LogP contribution in [0.4, 0.5) is 0 Å². The van der Waals surface area contributed by atoms with Crippen molar-refractivity contribution in [2.45, 2.75) is 13.5 Å². The van der Waals surface area contributed by atoms with E-state index in [9.17, 15) is 9.59 Å². The Bertz CT molecular complexity index is 964. The van der Waals surface area contributed by atoms with Crippen LogP contribution in [0.2, 0.25) is 0 Å². The van der Waals surface area contributed by atoms with Gasteiger partial charge in [-0.15, -0.1) is 6.42 Å². The second-order valence-corrected chi connectivity index (χ2v) is 5.77. The van der Waals surface area contributed by atoms with Gasteiger partial charge in [0.05, 0.1) is 6.54 Å². The number of carbonyl (C=O) groups is 2. The molecule has 3 rings (SSSR count). The molecule has 4 heteroatoms. The van der Waals surface area contributed by atoms with Crippen LogP contribution >= 0.6 is 0 Å². The average Bonchev–Trinajstić information content (AvgIpc) is 2.98. The molecule has 0 bridgehead atoms. The molecule has 0 unspecified atom stereocenters. The highest BCUT2D eigenvalue weighted by Crippen LogP contribution is 2.22. The fourth-order valence-electron chi connectivity index (χ4n) is 2.88. The van der Waals surface area contributed by atoms with Crippen molar-refractivity contribution in [2.24, 2.45) is 0 Å². The summed E-state index contributed by atoms with van der Waals surface area (Å²) in [6.45, 7) is 1.84. The molecular formula is C21H18N2O2. The number of nitrogens with zero attached hydrogens (tertiary/aromatic N) is 2. The SMILES string of the molecule is C#CCN(C(C)=O)C(=O)c1cc2ccccc2n1Cc1ccccc1. The van der Waals surface area contributed by atoms with E-state index in [2.05, 4.69) is 5.92 Å². The fourth-order valence-corrected chi connectivity index (χ4v) is 2.88. The molecule has 0 atom stereocenters. The smallest absolute Gasteiger partial charge is 0.277 e. The Morgan fingerprint density at radius 1 is 1.08 bits per heavy atom. The molecular weight excluding hydrogens is 312 g/mol. The Morgan fingerprint density at radius 2 is 1.76 bits per heavy atom. The molecule has 0 saturated heterocycles. The van der Waals surface area contributed by atoms with Gasteiger partial charge in [-0.3, -0.25) is 14.5 Å². The van der Waals surface area contributed by atoms with E-state index in [0.717, 1.165) is 21.4 Å². The number of para-hydroxylation sites is 1. The van der Waals surface area contributed by atoms with Crippen LogP contribution in [0.5, 0.6) is 0 Å². The van der Waals surface area contributed by atoms with E-state index >= 15 is 0 Å². The lowest BCUT2D eigenvalue weighted by molar-refractivity contribution is -0.125. The number of aromatic nitrogens is 1. The van der Waals surface area contributed by atoms with Gasteiger partial charge >= 0.3 is 0 Å². The molecule has 0 radical (unpaired) electrons. The number of fused-ring (bicyclic) bond motifs is 1. The summed E-state index contributed by atoms with van der Waals surface area (Å²) in [7, 11) is 0. The molecule has 3 aromatic rings. The highest BCUT2D eigenvalue weighted by atomic mass is 16.2. The van der Waals surface area contributed by atoms with Crippen LogP contribution in [-0.4, -0.2) is 27.8 Å². The predicted octanol–water partition coefficient (Wildman–Crippen LogP) is 3.31. The first-order valence-electron chi connectivity index (χ1n) is 8.00. The monoisotopic (exact) mass is 330 g/mol. The lowest BCUT2D eigenvalue weighted by Crippen LogP contribution is -2.36. The molecule has 0 aliphatic heterocycles. The minimum Gasteiger partial charge on any atom is -0.332 e. The van der Waals surface area contributed by atoms with Crippen LogP contribution < -0.4 is 0 Å². The number of benzene rings is 2. The second-order valence-electron chi connectivity index (χ2n) is 5.77. The molecule has 0 fully saturated rings. The van der Waals surface area contributed by atoms with E-state index in [0.29, 0.717) is 12.2 Å². The van der Waals surface area contributed by atoms with Gasteiger partial charge in [-0.2, -0.15) is 0 Å². The van der Waals surface area contributed by atoms with Gasteiger partial charge in [0.25, 0.3) is 5.91 Å². The summed E-state index contributed by atoms with van der Waals surface area (Å²) in [5.41, 5.74) is 2.47. The zero-order valence-electron chi connectivity index (χ0n) is 14.0. The van der Waals surface area contributed by atoms with E-state index in [1.165, 1.54) is 6.92 Å². The van der Waals surface area contributed by atoms with Crippen LogP contribution in [0.3, 0.4) is 0 Å². The fraction of sp³-hybridized carbons (Fsp3) is 0.143. The molecule has 0 aliphatic rings. The highest BCUT2D eigenvalue weighted by Gasteiger charge is 2.23. The van der Waals surface area contributed by atoms with E-state index in [1.807, 2.05) is 65.2 Å². The first-order chi connectivity index (χ1) is 12.1. The van der Waals surface area contributed by atoms with E-state index < -0.39 is 0 Å². The zero-order valence-corrected chi connectivity index (χ0v) is 14.0. The van der Waals surface area contributed by atoms with Crippen molar-refractivity contribution in [3.8, 4) is 12.3 Å². The number of rotatable bonds is 4. The van der Waals surface area contributed by atoms with Gasteiger partial charge in [-0.1, -0.05) is 54.5 Å². The van der Waals surface area contributed by atoms with Gasteiger partial charge in [-0.25, -0.2) is 0 Å². The number of amides is 2. The molecule has 0 spiro atoms. The first-order valence-corrected chi connectivity index (χ1v) is 8.00. The number of hydrogen-bond donors (Lipinski definition) is 0. The summed E-state index contributed by atoms with van der Waals surface area (Å²) in [6, 6.07) is 19.5. The minimum absolute atomic E-state index is 0.0406. The molecule has 0 saturated carbocycles. The van der Waals surface area contributed by atoms with Crippen LogP contribution in [0, 0.1) is 12.3 Å². The predicted molar refractivity (Wildman–Crippen MR) is 98.0 cm³/mol. The third-order valence-electron chi connectivity index (χ3n) is 4.09. The van der Waals surface area contributed by atoms with Crippen LogP contribution in [0.1, 0.15) is 23.0 Å². The summed E-state index contributed by atoms with van der Waals surface area (Å²) in [4.78, 5) is 25.9. The van der Waals surface area contributed by atoms with Crippen molar-refractivity contribution in [2.75, 3.05) is 6.54 Å². The summed E-state index contributed by atoms with van der Waals surface area (Å²) < 4.78 is 1.93. The number of terminal acetylenes is 1. The summed E-state index contributed by atoms with van der Waals surface area (Å²) in [5.74, 6) is 1.64. The van der Waals surface area contributed by atoms with Crippen molar-refractivity contribution >= 4 is 22.7 Å². The molecule has 1 aromatic heterocycles. The summed E-state index contributed by atoms with van der Waals surface area (Å²) >= 11 is 0. The highest BCUT2D eigenvalue weighted by molar-refractivity contribution is 6.06. The molecule has 2 aromatic carbocycles. The number of imide groups is 1. The third-order valence-corrected chi connectivity index (χ3v) is 4.09. The molecule has 4 nitrogen and oxygen atoms in total. The van der Waals surface area contributed by atoms with Crippen molar-refractivity contribution < 1.29 is 9.59 Å². The molecule has 0 N–H and O–H groups in total. The summed E-state index contributed by atoms with van der Waals surface area (Å²) in [6.07, 6.45) is 5.32. The van der Waals surface area contributed by atoms with Crippen molar-refractivity contribution in [3.63, 3.8) is 0 Å². The molecule has 2 amide bonds. The Balaban J connectivity index is 2.11. The second kappa shape index (κ2) is 7.06. The normalized spacial score (nSPS) is 10.4. The Hall–Kier alpha value is -3.32. The van der Waals surface area contributed by atoms with E-state index in [4.69, 9.17) is 6.42 Å². The molecule has 124 valence electrons. The Kier molecular flexibility index (Phi) is 4.67. The standard InChI is InChI=1S/C21H18N2O2/c1-3-13-22(16(2)24)21(25)20-14-18-11-7-8-12-19(18)23(20)15-17-9-5-4-6-10-17/h1,4-12,14H,13,15H2,2H3. The molecule has 25 heavy (non-hydrogen) atoms. The van der Waals surface area contributed by atoms with Gasteiger partial charge in [0, 0.05) is 24.4 Å². The topological polar surface area (TPSA) is 42.3 Å². The van der Waals surface area contributed by atoms with Gasteiger partial charge in [0.1, 0.15) is 5.69 Å². The third kappa shape index (κ3) is 3.31. The largest absolute Gasteiger partial charge is 0.332 e. The lowest BCUT2D eigenvalue weighted by atomic mass is 10.2. The Morgan fingerprint density at radius 3 is 2.44 bits per heavy atom. The van der Waals surface area contributed by atoms with Crippen LogP contribution in [-0.2, 0) is 11.3 Å². The van der Waals surface area contributed by atoms with Crippen molar-refractivity contribution in [1.29, 1.82) is 0 Å². The van der Waals surface area contributed by atoms with Gasteiger partial charge < -0.3 is 4.57 Å².